The van der Waals surface area contributed by atoms with E-state index < -0.39 is 26.1 Å². The molecule has 0 saturated carbocycles. The first kappa shape index (κ1) is 22.8. The maximum absolute atomic E-state index is 11.3. The monoisotopic (exact) mass is 452 g/mol. The molecule has 12 nitrogen and oxygen atoms in total. The van der Waals surface area contributed by atoms with Crippen LogP contribution >= 0.6 is 0 Å². The lowest BCUT2D eigenvalue weighted by Gasteiger charge is -2.12. The van der Waals surface area contributed by atoms with Crippen LogP contribution in [0.15, 0.2) is 65.7 Å². The molecule has 3 aromatic carbocycles. The molecule has 0 amide bonds. The number of aliphatic imine (C=N–C) groups is 1. The van der Waals surface area contributed by atoms with Crippen molar-refractivity contribution in [1.29, 1.82) is 0 Å². The van der Waals surface area contributed by atoms with Crippen LogP contribution in [0, 0.1) is 30.3 Å². The van der Waals surface area contributed by atoms with Crippen molar-refractivity contribution in [2.45, 2.75) is 6.92 Å². The van der Waals surface area contributed by atoms with Gasteiger partial charge in [0.15, 0.2) is 11.5 Å². The summed E-state index contributed by atoms with van der Waals surface area (Å²) in [5.74, 6) is 0.262. The summed E-state index contributed by atoms with van der Waals surface area (Å²) in [4.78, 5) is 35.2. The molecule has 0 unspecified atom stereocenters. The first-order chi connectivity index (χ1) is 15.8. The molecule has 0 radical (unpaired) electrons. The van der Waals surface area contributed by atoms with E-state index in [-0.39, 0.29) is 29.5 Å². The summed E-state index contributed by atoms with van der Waals surface area (Å²) >= 11 is 0. The van der Waals surface area contributed by atoms with Gasteiger partial charge in [0, 0.05) is 24.4 Å². The fraction of sp³-hybridized carbons (Fsp3) is 0.0952. The van der Waals surface area contributed by atoms with Crippen molar-refractivity contribution in [3.63, 3.8) is 0 Å². The summed E-state index contributed by atoms with van der Waals surface area (Å²) in [5, 5.41) is 33.0. The zero-order valence-electron chi connectivity index (χ0n) is 17.1. The van der Waals surface area contributed by atoms with Crippen molar-refractivity contribution >= 4 is 29.0 Å². The summed E-state index contributed by atoms with van der Waals surface area (Å²) < 4.78 is 11.2. The Balaban J connectivity index is 1.88. The number of nitro benzene ring substituents is 3. The van der Waals surface area contributed by atoms with Crippen molar-refractivity contribution in [2.75, 3.05) is 6.61 Å². The molecule has 0 aliphatic heterocycles. The van der Waals surface area contributed by atoms with E-state index in [0.717, 1.165) is 18.2 Å². The third-order valence-electron chi connectivity index (χ3n) is 4.26. The van der Waals surface area contributed by atoms with E-state index in [1.165, 1.54) is 36.5 Å². The number of benzene rings is 3. The topological polar surface area (TPSA) is 160 Å². The van der Waals surface area contributed by atoms with Gasteiger partial charge in [0.2, 0.25) is 5.75 Å². The Kier molecular flexibility index (Phi) is 6.88. The Hall–Kier alpha value is -4.87. The molecule has 0 saturated heterocycles. The number of non-ortho nitro benzene ring substituents is 2. The van der Waals surface area contributed by atoms with Gasteiger partial charge in [0.1, 0.15) is 0 Å². The molecule has 3 rings (SSSR count). The zero-order chi connectivity index (χ0) is 24.0. The molecule has 3 aromatic rings. The van der Waals surface area contributed by atoms with E-state index in [4.69, 9.17) is 9.47 Å². The van der Waals surface area contributed by atoms with Crippen molar-refractivity contribution in [1.82, 2.24) is 0 Å². The fourth-order valence-electron chi connectivity index (χ4n) is 2.73. The Bertz CT molecular complexity index is 1240. The Labute approximate surface area is 186 Å². The maximum Gasteiger partial charge on any atom is 0.318 e. The molecule has 0 N–H and O–H groups in total. The number of rotatable bonds is 9. The summed E-state index contributed by atoms with van der Waals surface area (Å²) in [7, 11) is 0. The lowest BCUT2D eigenvalue weighted by molar-refractivity contribution is -0.394. The minimum absolute atomic E-state index is 0.0468. The van der Waals surface area contributed by atoms with Gasteiger partial charge < -0.3 is 9.47 Å². The first-order valence-corrected chi connectivity index (χ1v) is 9.44. The molecule has 0 spiro atoms. The average Bonchev–Trinajstić information content (AvgIpc) is 2.79. The van der Waals surface area contributed by atoms with Gasteiger partial charge >= 0.3 is 5.69 Å². The van der Waals surface area contributed by atoms with E-state index >= 15 is 0 Å². The standard InChI is InChI=1S/C21H16N4O8/c1-2-32-21-11-14(13-22-15-4-6-16(7-5-15)23(26)27)3-9-20(21)33-19-10-8-17(24(28)29)12-18(19)25(30)31/h3-13H,2H2,1H3. The van der Waals surface area contributed by atoms with Crippen LogP contribution < -0.4 is 9.47 Å². The molecule has 0 aliphatic rings. The van der Waals surface area contributed by atoms with Crippen LogP contribution in [-0.2, 0) is 0 Å². The quantitative estimate of drug-likeness (QED) is 0.238. The molecule has 33 heavy (non-hydrogen) atoms. The highest BCUT2D eigenvalue weighted by atomic mass is 16.6. The van der Waals surface area contributed by atoms with Crippen LogP contribution in [0.25, 0.3) is 0 Å². The van der Waals surface area contributed by atoms with Crippen LogP contribution in [0.1, 0.15) is 12.5 Å². The highest BCUT2D eigenvalue weighted by Gasteiger charge is 2.22. The Morgan fingerprint density at radius 2 is 1.42 bits per heavy atom. The van der Waals surface area contributed by atoms with Crippen LogP contribution in [0.3, 0.4) is 0 Å². The number of hydrogen-bond acceptors (Lipinski definition) is 9. The van der Waals surface area contributed by atoms with E-state index in [9.17, 15) is 30.3 Å². The largest absolute Gasteiger partial charge is 0.490 e. The summed E-state index contributed by atoms with van der Waals surface area (Å²) in [6.45, 7) is 2.03. The van der Waals surface area contributed by atoms with Gasteiger partial charge in [-0.1, -0.05) is 0 Å². The zero-order valence-corrected chi connectivity index (χ0v) is 17.1. The van der Waals surface area contributed by atoms with Crippen LogP contribution in [0.5, 0.6) is 17.2 Å². The Morgan fingerprint density at radius 3 is 2.03 bits per heavy atom. The van der Waals surface area contributed by atoms with Gasteiger partial charge in [-0.2, -0.15) is 0 Å². The smallest absolute Gasteiger partial charge is 0.318 e. The normalized spacial score (nSPS) is 10.7. The van der Waals surface area contributed by atoms with Crippen molar-refractivity contribution < 1.29 is 24.2 Å². The maximum atomic E-state index is 11.3. The van der Waals surface area contributed by atoms with Gasteiger partial charge in [0.05, 0.1) is 33.1 Å². The molecule has 168 valence electrons. The first-order valence-electron chi connectivity index (χ1n) is 9.44. The molecule has 0 bridgehead atoms. The fourth-order valence-corrected chi connectivity index (χ4v) is 2.73. The molecule has 0 fully saturated rings. The molecule has 0 atom stereocenters. The number of nitro groups is 3. The van der Waals surface area contributed by atoms with E-state index in [2.05, 4.69) is 4.99 Å². The molecular formula is C21H16N4O8. The summed E-state index contributed by atoms with van der Waals surface area (Å²) in [6.07, 6.45) is 1.52. The average molecular weight is 452 g/mol. The van der Waals surface area contributed by atoms with Gasteiger partial charge in [-0.3, -0.25) is 35.3 Å². The predicted octanol–water partition coefficient (Wildman–Crippen LogP) is 5.35. The highest BCUT2D eigenvalue weighted by Crippen LogP contribution is 2.38. The van der Waals surface area contributed by atoms with Gasteiger partial charge in [-0.15, -0.1) is 0 Å². The highest BCUT2D eigenvalue weighted by molar-refractivity contribution is 5.83. The van der Waals surface area contributed by atoms with E-state index in [1.54, 1.807) is 19.1 Å². The number of nitrogens with zero attached hydrogens (tertiary/aromatic N) is 4. The second-order valence-corrected chi connectivity index (χ2v) is 6.44. The third-order valence-corrected chi connectivity index (χ3v) is 4.26. The molecule has 0 aliphatic carbocycles. The van der Waals surface area contributed by atoms with Crippen molar-refractivity contribution in [3.05, 3.63) is 96.6 Å². The number of ether oxygens (including phenoxy) is 2. The second-order valence-electron chi connectivity index (χ2n) is 6.44. The van der Waals surface area contributed by atoms with Crippen molar-refractivity contribution in [3.8, 4) is 17.2 Å². The molecule has 12 heteroatoms. The summed E-state index contributed by atoms with van der Waals surface area (Å²) in [6, 6.07) is 13.5. The number of hydrogen-bond donors (Lipinski definition) is 0. The van der Waals surface area contributed by atoms with E-state index in [1.807, 2.05) is 0 Å². The lowest BCUT2D eigenvalue weighted by atomic mass is 10.2. The Morgan fingerprint density at radius 1 is 0.788 bits per heavy atom. The van der Waals surface area contributed by atoms with Crippen molar-refractivity contribution in [2.24, 2.45) is 4.99 Å². The van der Waals surface area contributed by atoms with Crippen LogP contribution in [0.2, 0.25) is 0 Å². The van der Waals surface area contributed by atoms with E-state index in [0.29, 0.717) is 11.3 Å². The lowest BCUT2D eigenvalue weighted by Crippen LogP contribution is -1.99. The molecule has 0 aromatic heterocycles. The molecular weight excluding hydrogens is 436 g/mol. The van der Waals surface area contributed by atoms with Crippen LogP contribution in [0.4, 0.5) is 22.7 Å². The minimum Gasteiger partial charge on any atom is -0.490 e. The SMILES string of the molecule is CCOc1cc(C=Nc2ccc([N+](=O)[O-])cc2)ccc1Oc1ccc([N+](=O)[O-])cc1[N+](=O)[O-]. The molecule has 0 heterocycles. The minimum atomic E-state index is -0.770. The third kappa shape index (κ3) is 5.64. The van der Waals surface area contributed by atoms with Gasteiger partial charge in [0.25, 0.3) is 11.4 Å². The van der Waals surface area contributed by atoms with Gasteiger partial charge in [-0.25, -0.2) is 0 Å². The second kappa shape index (κ2) is 9.96. The summed E-state index contributed by atoms with van der Waals surface area (Å²) in [5.41, 5.74) is 0.0736. The predicted molar refractivity (Wildman–Crippen MR) is 118 cm³/mol. The van der Waals surface area contributed by atoms with Crippen LogP contribution in [-0.4, -0.2) is 27.6 Å². The van der Waals surface area contributed by atoms with Gasteiger partial charge in [-0.05, 0) is 48.9 Å².